The molecule has 1 aromatic carbocycles. The van der Waals surface area contributed by atoms with Crippen LogP contribution in [0.15, 0.2) is 35.2 Å². The SMILES string of the molecule is COCCN(C(C)C)S(=O)(=O)c1ccccc1. The minimum atomic E-state index is -3.42. The Labute approximate surface area is 103 Å². The average molecular weight is 257 g/mol. The van der Waals surface area contributed by atoms with Crippen molar-refractivity contribution in [3.63, 3.8) is 0 Å². The van der Waals surface area contributed by atoms with E-state index in [2.05, 4.69) is 0 Å². The summed E-state index contributed by atoms with van der Waals surface area (Å²) in [5.41, 5.74) is 0. The molecule has 0 amide bonds. The standard InChI is InChI=1S/C12H19NO3S/c1-11(2)13(9-10-16-3)17(14,15)12-7-5-4-6-8-12/h4-8,11H,9-10H2,1-3H3. The second kappa shape index (κ2) is 6.14. The minimum absolute atomic E-state index is 0.0876. The third kappa shape index (κ3) is 3.52. The van der Waals surface area contributed by atoms with Gasteiger partial charge in [0.05, 0.1) is 11.5 Å². The number of methoxy groups -OCH3 is 1. The molecule has 1 aromatic rings. The molecule has 0 fully saturated rings. The van der Waals surface area contributed by atoms with E-state index in [-0.39, 0.29) is 6.04 Å². The zero-order valence-corrected chi connectivity index (χ0v) is 11.3. The van der Waals surface area contributed by atoms with Crippen LogP contribution >= 0.6 is 0 Å². The summed E-state index contributed by atoms with van der Waals surface area (Å²) in [4.78, 5) is 0.324. The number of benzene rings is 1. The molecule has 0 bridgehead atoms. The van der Waals surface area contributed by atoms with Crippen molar-refractivity contribution in [2.75, 3.05) is 20.3 Å². The molecule has 4 nitrogen and oxygen atoms in total. The topological polar surface area (TPSA) is 46.6 Å². The molecule has 0 aliphatic heterocycles. The molecule has 1 rings (SSSR count). The Morgan fingerprint density at radius 3 is 2.29 bits per heavy atom. The molecule has 0 N–H and O–H groups in total. The zero-order valence-electron chi connectivity index (χ0n) is 10.5. The van der Waals surface area contributed by atoms with Crippen LogP contribution in [-0.2, 0) is 14.8 Å². The van der Waals surface area contributed by atoms with Crippen molar-refractivity contribution in [2.45, 2.75) is 24.8 Å². The summed E-state index contributed by atoms with van der Waals surface area (Å²) in [7, 11) is -1.86. The van der Waals surface area contributed by atoms with Crippen LogP contribution in [0.5, 0.6) is 0 Å². The maximum atomic E-state index is 12.4. The fourth-order valence-corrected chi connectivity index (χ4v) is 3.21. The lowest BCUT2D eigenvalue weighted by Gasteiger charge is -2.25. The van der Waals surface area contributed by atoms with Gasteiger partial charge in [-0.05, 0) is 26.0 Å². The van der Waals surface area contributed by atoms with Crippen molar-refractivity contribution in [2.24, 2.45) is 0 Å². The highest BCUT2D eigenvalue weighted by molar-refractivity contribution is 7.89. The van der Waals surface area contributed by atoms with Gasteiger partial charge in [-0.25, -0.2) is 8.42 Å². The quantitative estimate of drug-likeness (QED) is 0.779. The number of hydrogen-bond donors (Lipinski definition) is 0. The summed E-state index contributed by atoms with van der Waals surface area (Å²) in [5, 5.41) is 0. The normalized spacial score (nSPS) is 12.3. The van der Waals surface area contributed by atoms with Crippen LogP contribution in [0, 0.1) is 0 Å². The first kappa shape index (κ1) is 14.2. The lowest BCUT2D eigenvalue weighted by Crippen LogP contribution is -2.39. The van der Waals surface area contributed by atoms with Crippen molar-refractivity contribution in [1.82, 2.24) is 4.31 Å². The molecule has 0 heterocycles. The van der Waals surface area contributed by atoms with Gasteiger partial charge in [0.1, 0.15) is 0 Å². The maximum Gasteiger partial charge on any atom is 0.243 e. The summed E-state index contributed by atoms with van der Waals surface area (Å²) in [6.07, 6.45) is 0. The van der Waals surface area contributed by atoms with E-state index in [9.17, 15) is 8.42 Å². The monoisotopic (exact) mass is 257 g/mol. The second-order valence-corrected chi connectivity index (χ2v) is 5.91. The van der Waals surface area contributed by atoms with Crippen LogP contribution in [0.1, 0.15) is 13.8 Å². The van der Waals surface area contributed by atoms with E-state index >= 15 is 0 Å². The van der Waals surface area contributed by atoms with Crippen molar-refractivity contribution in [3.8, 4) is 0 Å². The number of ether oxygens (including phenoxy) is 1. The van der Waals surface area contributed by atoms with Crippen LogP contribution in [0.2, 0.25) is 0 Å². The molecule has 0 spiro atoms. The molecule has 0 saturated heterocycles. The molecule has 17 heavy (non-hydrogen) atoms. The largest absolute Gasteiger partial charge is 0.383 e. The first-order valence-electron chi connectivity index (χ1n) is 5.56. The highest BCUT2D eigenvalue weighted by Crippen LogP contribution is 2.17. The fourth-order valence-electron chi connectivity index (χ4n) is 1.57. The zero-order chi connectivity index (χ0) is 12.9. The van der Waals surface area contributed by atoms with E-state index in [1.54, 1.807) is 37.4 Å². The third-order valence-corrected chi connectivity index (χ3v) is 4.53. The van der Waals surface area contributed by atoms with Gasteiger partial charge in [-0.2, -0.15) is 4.31 Å². The molecule has 0 saturated carbocycles. The first-order valence-corrected chi connectivity index (χ1v) is 7.00. The van der Waals surface area contributed by atoms with E-state index in [0.717, 1.165) is 0 Å². The lowest BCUT2D eigenvalue weighted by molar-refractivity contribution is 0.171. The molecule has 0 unspecified atom stereocenters. The average Bonchev–Trinajstić information content (AvgIpc) is 2.30. The summed E-state index contributed by atoms with van der Waals surface area (Å²) in [6.45, 7) is 4.47. The predicted octanol–water partition coefficient (Wildman–Crippen LogP) is 1.73. The van der Waals surface area contributed by atoms with E-state index in [1.165, 1.54) is 4.31 Å². The van der Waals surface area contributed by atoms with Gasteiger partial charge in [0, 0.05) is 19.7 Å². The van der Waals surface area contributed by atoms with Gasteiger partial charge in [0.15, 0.2) is 0 Å². The second-order valence-electron chi connectivity index (χ2n) is 4.02. The minimum Gasteiger partial charge on any atom is -0.383 e. The highest BCUT2D eigenvalue weighted by atomic mass is 32.2. The van der Waals surface area contributed by atoms with Gasteiger partial charge in [0.25, 0.3) is 0 Å². The fraction of sp³-hybridized carbons (Fsp3) is 0.500. The van der Waals surface area contributed by atoms with Crippen LogP contribution in [-0.4, -0.2) is 39.0 Å². The van der Waals surface area contributed by atoms with Crippen molar-refractivity contribution >= 4 is 10.0 Å². The van der Waals surface area contributed by atoms with Crippen molar-refractivity contribution < 1.29 is 13.2 Å². The first-order chi connectivity index (χ1) is 8.00. The van der Waals surface area contributed by atoms with Gasteiger partial charge >= 0.3 is 0 Å². The van der Waals surface area contributed by atoms with Gasteiger partial charge in [-0.3, -0.25) is 0 Å². The highest BCUT2D eigenvalue weighted by Gasteiger charge is 2.26. The molecular formula is C12H19NO3S. The van der Waals surface area contributed by atoms with E-state index in [1.807, 2.05) is 13.8 Å². The summed E-state index contributed by atoms with van der Waals surface area (Å²) in [6, 6.07) is 8.38. The summed E-state index contributed by atoms with van der Waals surface area (Å²) < 4.78 is 31.1. The Hall–Kier alpha value is -0.910. The molecule has 0 radical (unpaired) electrons. The third-order valence-electron chi connectivity index (χ3n) is 2.44. The van der Waals surface area contributed by atoms with Crippen molar-refractivity contribution in [3.05, 3.63) is 30.3 Å². The molecular weight excluding hydrogens is 238 g/mol. The smallest absolute Gasteiger partial charge is 0.243 e. The van der Waals surface area contributed by atoms with Crippen LogP contribution in [0.3, 0.4) is 0 Å². The molecule has 0 aliphatic carbocycles. The van der Waals surface area contributed by atoms with Gasteiger partial charge in [0.2, 0.25) is 10.0 Å². The van der Waals surface area contributed by atoms with Gasteiger partial charge in [-0.1, -0.05) is 18.2 Å². The van der Waals surface area contributed by atoms with Gasteiger partial charge < -0.3 is 4.74 Å². The summed E-state index contributed by atoms with van der Waals surface area (Å²) >= 11 is 0. The number of rotatable bonds is 6. The Morgan fingerprint density at radius 1 is 1.24 bits per heavy atom. The molecule has 0 aliphatic rings. The number of sulfonamides is 1. The van der Waals surface area contributed by atoms with E-state index in [0.29, 0.717) is 18.0 Å². The Morgan fingerprint density at radius 2 is 1.82 bits per heavy atom. The number of nitrogens with zero attached hydrogens (tertiary/aromatic N) is 1. The van der Waals surface area contributed by atoms with Crippen LogP contribution in [0.25, 0.3) is 0 Å². The van der Waals surface area contributed by atoms with Crippen LogP contribution in [0.4, 0.5) is 0 Å². The maximum absolute atomic E-state index is 12.4. The Bertz CT molecular complexity index is 428. The van der Waals surface area contributed by atoms with Crippen LogP contribution < -0.4 is 0 Å². The number of hydrogen-bond acceptors (Lipinski definition) is 3. The Kier molecular flexibility index (Phi) is 5.11. The molecule has 5 heteroatoms. The van der Waals surface area contributed by atoms with E-state index < -0.39 is 10.0 Å². The van der Waals surface area contributed by atoms with E-state index in [4.69, 9.17) is 4.74 Å². The summed E-state index contributed by atoms with van der Waals surface area (Å²) in [5.74, 6) is 0. The molecule has 0 atom stereocenters. The van der Waals surface area contributed by atoms with Crippen molar-refractivity contribution in [1.29, 1.82) is 0 Å². The predicted molar refractivity (Wildman–Crippen MR) is 67.3 cm³/mol. The lowest BCUT2D eigenvalue weighted by atomic mass is 10.4. The molecule has 0 aromatic heterocycles. The molecule has 96 valence electrons. The van der Waals surface area contributed by atoms with Gasteiger partial charge in [-0.15, -0.1) is 0 Å². The Balaban J connectivity index is 3.01.